The maximum Gasteiger partial charge on any atom is 0.132 e. The van der Waals surface area contributed by atoms with E-state index in [1.54, 1.807) is 4.90 Å². The van der Waals surface area contributed by atoms with Gasteiger partial charge in [-0.05, 0) is 29.7 Å². The summed E-state index contributed by atoms with van der Waals surface area (Å²) < 4.78 is 23.2. The van der Waals surface area contributed by atoms with E-state index in [2.05, 4.69) is 34.1 Å². The number of hydrogen-bond donors (Lipinski definition) is 0. The van der Waals surface area contributed by atoms with Gasteiger partial charge in [-0.15, -0.1) is 0 Å². The van der Waals surface area contributed by atoms with Crippen molar-refractivity contribution in [1.29, 1.82) is 0 Å². The fraction of sp³-hybridized carbons (Fsp3) is 0.353. The molecule has 0 aliphatic carbocycles. The van der Waals surface area contributed by atoms with Gasteiger partial charge in [-0.2, -0.15) is 0 Å². The largest absolute Gasteiger partial charge is 0.347 e. The van der Waals surface area contributed by atoms with Crippen molar-refractivity contribution in [2.45, 2.75) is 12.5 Å². The number of aromatic nitrogens is 1. The third-order valence-electron chi connectivity index (χ3n) is 4.31. The summed E-state index contributed by atoms with van der Waals surface area (Å²) in [5, 5.41) is 0. The lowest BCUT2D eigenvalue weighted by molar-refractivity contribution is 0.268. The second-order valence-electron chi connectivity index (χ2n) is 5.52. The Morgan fingerprint density at radius 1 is 1.15 bits per heavy atom. The Balaban J connectivity index is 1.82. The zero-order valence-electron chi connectivity index (χ0n) is 14.3. The van der Waals surface area contributed by atoms with Gasteiger partial charge in [0, 0.05) is 36.4 Å². The minimum atomic E-state index is -2.04. The van der Waals surface area contributed by atoms with Crippen LogP contribution in [0.3, 0.4) is 0 Å². The number of anilines is 1. The molecule has 1 atom stereocenters. The quantitative estimate of drug-likeness (QED) is 0.732. The Morgan fingerprint density at radius 2 is 2.05 bits per heavy atom. The van der Waals surface area contributed by atoms with E-state index in [4.69, 9.17) is 4.11 Å². The number of benzene rings is 1. The van der Waals surface area contributed by atoms with E-state index in [1.165, 1.54) is 16.7 Å². The average molecular weight is 268 g/mol. The standard InChI is InChI=1S/C17H19N3/c1-19-9-10-20-16(12-19)15-7-3-2-5-13(15)11-14-6-4-8-18-17(14)20/h2-8,16H,9-12H2,1H3/i1D3. The lowest BCUT2D eigenvalue weighted by Crippen LogP contribution is -2.47. The molecule has 1 saturated heterocycles. The monoisotopic (exact) mass is 268 g/mol. The van der Waals surface area contributed by atoms with Crippen molar-refractivity contribution in [2.75, 3.05) is 31.5 Å². The molecule has 2 aliphatic heterocycles. The summed E-state index contributed by atoms with van der Waals surface area (Å²) in [4.78, 5) is 8.49. The summed E-state index contributed by atoms with van der Waals surface area (Å²) in [6.07, 6.45) is 2.67. The molecule has 0 saturated carbocycles. The first-order valence-electron chi connectivity index (χ1n) is 8.57. The summed E-state index contributed by atoms with van der Waals surface area (Å²) in [6.45, 7) is -0.323. The Hall–Kier alpha value is -1.87. The third-order valence-corrected chi connectivity index (χ3v) is 4.31. The predicted molar refractivity (Wildman–Crippen MR) is 81.1 cm³/mol. The van der Waals surface area contributed by atoms with Gasteiger partial charge in [-0.3, -0.25) is 0 Å². The van der Waals surface area contributed by atoms with E-state index < -0.39 is 6.98 Å². The minimum Gasteiger partial charge on any atom is -0.347 e. The van der Waals surface area contributed by atoms with Crippen molar-refractivity contribution in [3.8, 4) is 0 Å². The van der Waals surface area contributed by atoms with E-state index in [1.807, 2.05) is 18.3 Å². The van der Waals surface area contributed by atoms with Crippen LogP contribution in [0.1, 0.15) is 26.8 Å². The number of piperazine rings is 1. The molecule has 1 aromatic heterocycles. The van der Waals surface area contributed by atoms with Crippen molar-refractivity contribution in [1.82, 2.24) is 9.88 Å². The van der Waals surface area contributed by atoms with Gasteiger partial charge in [-0.1, -0.05) is 30.3 Å². The summed E-state index contributed by atoms with van der Waals surface area (Å²) >= 11 is 0. The van der Waals surface area contributed by atoms with Gasteiger partial charge in [0.2, 0.25) is 0 Å². The Morgan fingerprint density at radius 3 is 3.00 bits per heavy atom. The van der Waals surface area contributed by atoms with Crippen molar-refractivity contribution < 1.29 is 4.11 Å². The zero-order chi connectivity index (χ0) is 16.0. The minimum absolute atomic E-state index is 0.0384. The van der Waals surface area contributed by atoms with Crippen molar-refractivity contribution in [3.05, 3.63) is 59.3 Å². The number of likely N-dealkylation sites (N-methyl/N-ethyl adjacent to an activating group) is 1. The molecule has 3 heterocycles. The second kappa shape index (κ2) is 4.60. The number of nitrogens with zero attached hydrogens (tertiary/aromatic N) is 3. The van der Waals surface area contributed by atoms with E-state index in [0.29, 0.717) is 19.6 Å². The van der Waals surface area contributed by atoms with Gasteiger partial charge < -0.3 is 9.80 Å². The lowest BCUT2D eigenvalue weighted by atomic mass is 9.96. The van der Waals surface area contributed by atoms with Crippen LogP contribution >= 0.6 is 0 Å². The highest BCUT2D eigenvalue weighted by atomic mass is 15.3. The molecule has 1 fully saturated rings. The van der Waals surface area contributed by atoms with E-state index in [-0.39, 0.29) is 6.04 Å². The predicted octanol–water partition coefficient (Wildman–Crippen LogP) is 2.48. The molecule has 0 amide bonds. The molecule has 2 aromatic rings. The molecule has 2 aliphatic rings. The third kappa shape index (κ3) is 1.81. The molecule has 0 bridgehead atoms. The first kappa shape index (κ1) is 9.14. The molecule has 0 N–H and O–H groups in total. The van der Waals surface area contributed by atoms with Crippen LogP contribution in [-0.4, -0.2) is 36.5 Å². The van der Waals surface area contributed by atoms with Gasteiger partial charge in [-0.25, -0.2) is 4.98 Å². The summed E-state index contributed by atoms with van der Waals surface area (Å²) in [5.41, 5.74) is 3.70. The fourth-order valence-corrected chi connectivity index (χ4v) is 3.35. The molecular weight excluding hydrogens is 246 g/mol. The molecule has 1 aromatic carbocycles. The molecule has 3 heteroatoms. The number of pyridine rings is 1. The van der Waals surface area contributed by atoms with E-state index in [9.17, 15) is 0 Å². The number of hydrogen-bond acceptors (Lipinski definition) is 3. The van der Waals surface area contributed by atoms with Gasteiger partial charge in [0.1, 0.15) is 5.82 Å². The maximum absolute atomic E-state index is 7.74. The Labute approximate surface area is 124 Å². The molecular formula is C17H19N3. The van der Waals surface area contributed by atoms with Gasteiger partial charge in [0.05, 0.1) is 6.04 Å². The molecule has 1 unspecified atom stereocenters. The first-order chi connectivity index (χ1) is 11.0. The van der Waals surface area contributed by atoms with Crippen LogP contribution < -0.4 is 4.90 Å². The summed E-state index contributed by atoms with van der Waals surface area (Å²) in [7, 11) is 0. The molecule has 20 heavy (non-hydrogen) atoms. The molecule has 0 spiro atoms. The highest BCUT2D eigenvalue weighted by Crippen LogP contribution is 2.37. The smallest absolute Gasteiger partial charge is 0.132 e. The number of fused-ring (bicyclic) bond motifs is 5. The topological polar surface area (TPSA) is 19.4 Å². The molecule has 0 radical (unpaired) electrons. The highest BCUT2D eigenvalue weighted by Gasteiger charge is 2.32. The van der Waals surface area contributed by atoms with E-state index in [0.717, 1.165) is 12.2 Å². The van der Waals surface area contributed by atoms with Crippen LogP contribution in [0.4, 0.5) is 5.82 Å². The second-order valence-corrected chi connectivity index (χ2v) is 5.52. The van der Waals surface area contributed by atoms with E-state index >= 15 is 0 Å². The summed E-state index contributed by atoms with van der Waals surface area (Å²) in [6, 6.07) is 12.5. The van der Waals surface area contributed by atoms with Crippen molar-refractivity contribution in [3.63, 3.8) is 0 Å². The van der Waals surface area contributed by atoms with Crippen LogP contribution in [0, 0.1) is 0 Å². The highest BCUT2D eigenvalue weighted by molar-refractivity contribution is 5.56. The van der Waals surface area contributed by atoms with Gasteiger partial charge in [0.15, 0.2) is 0 Å². The number of rotatable bonds is 0. The van der Waals surface area contributed by atoms with Crippen molar-refractivity contribution >= 4 is 5.82 Å². The van der Waals surface area contributed by atoms with Crippen LogP contribution in [0.25, 0.3) is 0 Å². The Bertz CT molecular complexity index is 729. The normalized spacial score (nSPS) is 24.5. The average Bonchev–Trinajstić information content (AvgIpc) is 2.68. The van der Waals surface area contributed by atoms with Crippen LogP contribution in [0.2, 0.25) is 0 Å². The Kier molecular flexibility index (Phi) is 2.10. The zero-order valence-corrected chi connectivity index (χ0v) is 11.3. The van der Waals surface area contributed by atoms with Crippen molar-refractivity contribution in [2.24, 2.45) is 0 Å². The molecule has 4 rings (SSSR count). The SMILES string of the molecule is [2H]C([2H])([2H])N1CCN2c3ncccc3Cc3ccccc3C2C1. The van der Waals surface area contributed by atoms with Crippen LogP contribution in [0.5, 0.6) is 0 Å². The first-order valence-corrected chi connectivity index (χ1v) is 7.07. The van der Waals surface area contributed by atoms with Crippen LogP contribution in [-0.2, 0) is 6.42 Å². The molecule has 102 valence electrons. The summed E-state index contributed by atoms with van der Waals surface area (Å²) in [5.74, 6) is 0.999. The lowest BCUT2D eigenvalue weighted by Gasteiger charge is -2.41. The fourth-order valence-electron chi connectivity index (χ4n) is 3.35. The van der Waals surface area contributed by atoms with Gasteiger partial charge in [0.25, 0.3) is 0 Å². The van der Waals surface area contributed by atoms with Gasteiger partial charge >= 0.3 is 0 Å². The molecule has 3 nitrogen and oxygen atoms in total. The maximum atomic E-state index is 7.74. The van der Waals surface area contributed by atoms with Crippen LogP contribution in [0.15, 0.2) is 42.6 Å².